The van der Waals surface area contributed by atoms with Crippen LogP contribution in [-0.2, 0) is 19.4 Å². The molecule has 26 heavy (non-hydrogen) atoms. The molecule has 2 amide bonds. The van der Waals surface area contributed by atoms with Gasteiger partial charge in [0.05, 0.1) is 11.5 Å². The van der Waals surface area contributed by atoms with Crippen LogP contribution in [0.5, 0.6) is 0 Å². The van der Waals surface area contributed by atoms with Gasteiger partial charge in [0.25, 0.3) is 5.91 Å². The summed E-state index contributed by atoms with van der Waals surface area (Å²) in [6.45, 7) is 2.35. The first-order valence-corrected chi connectivity index (χ1v) is 9.44. The molecule has 0 aromatic heterocycles. The second-order valence-electron chi connectivity index (χ2n) is 5.57. The van der Waals surface area contributed by atoms with Crippen LogP contribution in [0, 0.1) is 0 Å². The van der Waals surface area contributed by atoms with Crippen LogP contribution in [0.3, 0.4) is 0 Å². The maximum atomic E-state index is 12.2. The summed E-state index contributed by atoms with van der Waals surface area (Å²) >= 11 is 0. The second kappa shape index (κ2) is 11.8. The standard InChI is InChI=1S/C16H25N3O5S.ClH/c1-19(2)15(20)12-25(22,23)14-6-4-13(5-7-14)16(21)18-9-8-17-10-11-24-3;/h4-7,17H,8-12H2,1-3H3,(H,18,21);1H. The number of nitrogens with one attached hydrogen (secondary N) is 2. The van der Waals surface area contributed by atoms with Crippen LogP contribution < -0.4 is 10.6 Å². The molecule has 0 saturated heterocycles. The minimum absolute atomic E-state index is 0. The Labute approximate surface area is 160 Å². The highest BCUT2D eigenvalue weighted by atomic mass is 35.5. The number of amides is 2. The Hall–Kier alpha value is -1.68. The van der Waals surface area contributed by atoms with E-state index in [1.54, 1.807) is 7.11 Å². The molecule has 10 heteroatoms. The van der Waals surface area contributed by atoms with Crippen molar-refractivity contribution in [2.45, 2.75) is 4.90 Å². The fourth-order valence-electron chi connectivity index (χ4n) is 1.85. The predicted molar refractivity (Wildman–Crippen MR) is 102 cm³/mol. The smallest absolute Gasteiger partial charge is 0.251 e. The van der Waals surface area contributed by atoms with E-state index in [4.69, 9.17) is 4.74 Å². The number of sulfone groups is 1. The molecule has 0 aliphatic rings. The van der Waals surface area contributed by atoms with Crippen molar-refractivity contribution in [1.82, 2.24) is 15.5 Å². The molecule has 0 radical (unpaired) electrons. The molecular weight excluding hydrogens is 382 g/mol. The number of hydrogen-bond donors (Lipinski definition) is 2. The third-order valence-corrected chi connectivity index (χ3v) is 4.98. The van der Waals surface area contributed by atoms with E-state index in [1.165, 1.54) is 43.3 Å². The highest BCUT2D eigenvalue weighted by Crippen LogP contribution is 2.13. The number of halogens is 1. The molecular formula is C16H26ClN3O5S. The normalized spacial score (nSPS) is 10.7. The zero-order valence-electron chi connectivity index (χ0n) is 15.1. The Kier molecular flexibility index (Phi) is 11.1. The van der Waals surface area contributed by atoms with Crippen molar-refractivity contribution in [1.29, 1.82) is 0 Å². The zero-order valence-corrected chi connectivity index (χ0v) is 16.8. The summed E-state index contributed by atoms with van der Waals surface area (Å²) in [5.41, 5.74) is 0.356. The maximum absolute atomic E-state index is 12.2. The van der Waals surface area contributed by atoms with E-state index < -0.39 is 21.5 Å². The average Bonchev–Trinajstić information content (AvgIpc) is 2.57. The van der Waals surface area contributed by atoms with Crippen molar-refractivity contribution in [3.63, 3.8) is 0 Å². The summed E-state index contributed by atoms with van der Waals surface area (Å²) in [6, 6.07) is 5.54. The molecule has 2 N–H and O–H groups in total. The Balaban J connectivity index is 0.00000625. The molecule has 1 aromatic rings. The molecule has 0 atom stereocenters. The van der Waals surface area contributed by atoms with Crippen molar-refractivity contribution < 1.29 is 22.7 Å². The van der Waals surface area contributed by atoms with E-state index in [9.17, 15) is 18.0 Å². The Morgan fingerprint density at radius 1 is 1.08 bits per heavy atom. The number of nitrogens with zero attached hydrogens (tertiary/aromatic N) is 1. The highest BCUT2D eigenvalue weighted by Gasteiger charge is 2.20. The second-order valence-corrected chi connectivity index (χ2v) is 7.56. The van der Waals surface area contributed by atoms with Crippen molar-refractivity contribution >= 4 is 34.1 Å². The van der Waals surface area contributed by atoms with E-state index in [0.717, 1.165) is 0 Å². The molecule has 0 bridgehead atoms. The molecule has 0 spiro atoms. The largest absolute Gasteiger partial charge is 0.383 e. The third-order valence-electron chi connectivity index (χ3n) is 3.36. The molecule has 8 nitrogen and oxygen atoms in total. The van der Waals surface area contributed by atoms with E-state index in [-0.39, 0.29) is 23.2 Å². The Morgan fingerprint density at radius 2 is 1.69 bits per heavy atom. The van der Waals surface area contributed by atoms with Crippen molar-refractivity contribution in [2.75, 3.05) is 53.2 Å². The fourth-order valence-corrected chi connectivity index (χ4v) is 3.16. The molecule has 0 unspecified atom stereocenters. The lowest BCUT2D eigenvalue weighted by molar-refractivity contribution is -0.125. The van der Waals surface area contributed by atoms with Crippen LogP contribution in [0.25, 0.3) is 0 Å². The molecule has 148 valence electrons. The van der Waals surface area contributed by atoms with Crippen molar-refractivity contribution in [3.8, 4) is 0 Å². The summed E-state index contributed by atoms with van der Waals surface area (Å²) in [7, 11) is 0.884. The summed E-state index contributed by atoms with van der Waals surface area (Å²) < 4.78 is 29.2. The molecule has 0 saturated carbocycles. The van der Waals surface area contributed by atoms with Gasteiger partial charge in [-0.05, 0) is 24.3 Å². The molecule has 0 aliphatic carbocycles. The predicted octanol–water partition coefficient (Wildman–Crippen LogP) is -0.0639. The van der Waals surface area contributed by atoms with Crippen LogP contribution in [0.4, 0.5) is 0 Å². The maximum Gasteiger partial charge on any atom is 0.251 e. The van der Waals surface area contributed by atoms with Gasteiger partial charge in [0.15, 0.2) is 9.84 Å². The fraction of sp³-hybridized carbons (Fsp3) is 0.500. The summed E-state index contributed by atoms with van der Waals surface area (Å²) in [5.74, 6) is -1.39. The van der Waals surface area contributed by atoms with Crippen LogP contribution in [0.1, 0.15) is 10.4 Å². The van der Waals surface area contributed by atoms with Crippen molar-refractivity contribution in [3.05, 3.63) is 29.8 Å². The molecule has 0 fully saturated rings. The summed E-state index contributed by atoms with van der Waals surface area (Å²) in [6.07, 6.45) is 0. The first kappa shape index (κ1) is 24.3. The average molecular weight is 408 g/mol. The number of rotatable bonds is 10. The minimum Gasteiger partial charge on any atom is -0.383 e. The number of methoxy groups -OCH3 is 1. The van der Waals surface area contributed by atoms with Gasteiger partial charge >= 0.3 is 0 Å². The van der Waals surface area contributed by atoms with Gasteiger partial charge in [-0.2, -0.15) is 0 Å². The van der Waals surface area contributed by atoms with Gasteiger partial charge < -0.3 is 20.3 Å². The van der Waals surface area contributed by atoms with Gasteiger partial charge in [-0.15, -0.1) is 12.4 Å². The lowest BCUT2D eigenvalue weighted by atomic mass is 10.2. The Morgan fingerprint density at radius 3 is 2.23 bits per heavy atom. The number of hydrogen-bond acceptors (Lipinski definition) is 6. The van der Waals surface area contributed by atoms with Gasteiger partial charge in [-0.25, -0.2) is 8.42 Å². The minimum atomic E-state index is -3.72. The zero-order chi connectivity index (χ0) is 18.9. The molecule has 1 aromatic carbocycles. The lowest BCUT2D eigenvalue weighted by Gasteiger charge is -2.11. The molecule has 1 rings (SSSR count). The highest BCUT2D eigenvalue weighted by molar-refractivity contribution is 7.92. The van der Waals surface area contributed by atoms with Crippen LogP contribution >= 0.6 is 12.4 Å². The van der Waals surface area contributed by atoms with Gasteiger partial charge in [-0.3, -0.25) is 9.59 Å². The van der Waals surface area contributed by atoms with E-state index >= 15 is 0 Å². The monoisotopic (exact) mass is 407 g/mol. The first-order valence-electron chi connectivity index (χ1n) is 7.78. The van der Waals surface area contributed by atoms with Gasteiger partial charge in [0.2, 0.25) is 5.91 Å². The first-order chi connectivity index (χ1) is 11.8. The van der Waals surface area contributed by atoms with Crippen molar-refractivity contribution in [2.24, 2.45) is 0 Å². The number of carbonyl (C=O) groups is 2. The summed E-state index contributed by atoms with van der Waals surface area (Å²) in [4.78, 5) is 24.8. The van der Waals surface area contributed by atoms with E-state index in [0.29, 0.717) is 31.8 Å². The number of ether oxygens (including phenoxy) is 1. The van der Waals surface area contributed by atoms with Gasteiger partial charge in [-0.1, -0.05) is 0 Å². The number of carbonyl (C=O) groups excluding carboxylic acids is 2. The third kappa shape index (κ3) is 8.13. The van der Waals surface area contributed by atoms with Crippen LogP contribution in [-0.4, -0.2) is 78.3 Å². The van der Waals surface area contributed by atoms with E-state index in [2.05, 4.69) is 10.6 Å². The summed E-state index contributed by atoms with van der Waals surface area (Å²) in [5, 5.41) is 5.82. The van der Waals surface area contributed by atoms with Crippen LogP contribution in [0.2, 0.25) is 0 Å². The molecule has 0 heterocycles. The van der Waals surface area contributed by atoms with Gasteiger partial charge in [0, 0.05) is 46.4 Å². The SMILES string of the molecule is COCCNCCNC(=O)c1ccc(S(=O)(=O)CC(=O)N(C)C)cc1.Cl. The van der Waals surface area contributed by atoms with E-state index in [1.807, 2.05) is 0 Å². The van der Waals surface area contributed by atoms with Gasteiger partial charge in [0.1, 0.15) is 5.75 Å². The topological polar surface area (TPSA) is 105 Å². The number of benzene rings is 1. The van der Waals surface area contributed by atoms with Crippen LogP contribution in [0.15, 0.2) is 29.2 Å². The lowest BCUT2D eigenvalue weighted by Crippen LogP contribution is -2.33. The quantitative estimate of drug-likeness (QED) is 0.526. The molecule has 0 aliphatic heterocycles. The Bertz CT molecular complexity index is 678.